The third-order valence-electron chi connectivity index (χ3n) is 2.70. The van der Waals surface area contributed by atoms with E-state index in [9.17, 15) is 18.0 Å². The molecule has 2 aromatic heterocycles. The van der Waals surface area contributed by atoms with Gasteiger partial charge in [-0.2, -0.15) is 13.2 Å². The number of benzene rings is 1. The molecule has 20 heavy (non-hydrogen) atoms. The summed E-state index contributed by atoms with van der Waals surface area (Å²) in [6.45, 7) is 0. The Morgan fingerprint density at radius 1 is 1.15 bits per heavy atom. The zero-order valence-electron chi connectivity index (χ0n) is 9.77. The molecule has 0 aliphatic rings. The van der Waals surface area contributed by atoms with Crippen LogP contribution >= 0.6 is 11.3 Å². The van der Waals surface area contributed by atoms with E-state index < -0.39 is 22.8 Å². The van der Waals surface area contributed by atoms with Crippen molar-refractivity contribution >= 4 is 22.2 Å². The van der Waals surface area contributed by atoms with Crippen molar-refractivity contribution < 1.29 is 17.6 Å². The summed E-state index contributed by atoms with van der Waals surface area (Å²) < 4.78 is 43.5. The van der Waals surface area contributed by atoms with Crippen LogP contribution in [0.15, 0.2) is 44.9 Å². The maximum atomic E-state index is 12.9. The van der Waals surface area contributed by atoms with Crippen LogP contribution in [0.4, 0.5) is 13.2 Å². The molecular formula is C13H6F3NO2S. The molecule has 7 heteroatoms. The highest BCUT2D eigenvalue weighted by Gasteiger charge is 2.34. The number of nitrogens with zero attached hydrogens (tertiary/aromatic N) is 1. The fourth-order valence-electron chi connectivity index (χ4n) is 1.86. The Balaban J connectivity index is 2.33. The maximum absolute atomic E-state index is 12.9. The minimum absolute atomic E-state index is 0.0248. The Morgan fingerprint density at radius 3 is 2.60 bits per heavy atom. The summed E-state index contributed by atoms with van der Waals surface area (Å²) >= 11 is 1.29. The molecule has 0 bridgehead atoms. The second kappa shape index (κ2) is 4.45. The Labute approximate surface area is 114 Å². The molecule has 102 valence electrons. The average molecular weight is 297 g/mol. The third kappa shape index (κ3) is 2.09. The van der Waals surface area contributed by atoms with Gasteiger partial charge in [0.05, 0.1) is 21.3 Å². The van der Waals surface area contributed by atoms with Gasteiger partial charge in [0.15, 0.2) is 0 Å². The summed E-state index contributed by atoms with van der Waals surface area (Å²) in [6, 6.07) is 6.83. The molecule has 0 atom stereocenters. The van der Waals surface area contributed by atoms with Crippen molar-refractivity contribution in [1.82, 2.24) is 4.98 Å². The monoisotopic (exact) mass is 297 g/mol. The topological polar surface area (TPSA) is 43.1 Å². The van der Waals surface area contributed by atoms with Gasteiger partial charge in [-0.15, -0.1) is 11.3 Å². The van der Waals surface area contributed by atoms with Crippen molar-refractivity contribution in [2.45, 2.75) is 6.18 Å². The molecule has 3 nitrogen and oxygen atoms in total. The zero-order valence-corrected chi connectivity index (χ0v) is 10.6. The molecule has 1 aromatic carbocycles. The fourth-order valence-corrected chi connectivity index (χ4v) is 2.51. The van der Waals surface area contributed by atoms with Gasteiger partial charge in [-0.1, -0.05) is 12.1 Å². The molecule has 0 N–H and O–H groups in total. The summed E-state index contributed by atoms with van der Waals surface area (Å²) in [7, 11) is 0. The number of rotatable bonds is 1. The molecule has 0 saturated heterocycles. The lowest BCUT2D eigenvalue weighted by atomic mass is 10.1. The van der Waals surface area contributed by atoms with Crippen molar-refractivity contribution in [1.29, 1.82) is 0 Å². The lowest BCUT2D eigenvalue weighted by Gasteiger charge is -2.08. The molecule has 0 unspecified atom stereocenters. The number of hydrogen-bond acceptors (Lipinski definition) is 4. The van der Waals surface area contributed by atoms with Gasteiger partial charge in [-0.05, 0) is 23.6 Å². The van der Waals surface area contributed by atoms with Crippen LogP contribution in [0, 0.1) is 0 Å². The van der Waals surface area contributed by atoms with Crippen LogP contribution < -0.4 is 5.63 Å². The van der Waals surface area contributed by atoms with Crippen molar-refractivity contribution in [3.05, 3.63) is 51.7 Å². The standard InChI is InChI=1S/C13H6F3NO2S/c14-13(15,16)7-3-1-4-8-10(7)12(18)19-11(17-8)9-5-2-6-20-9/h1-6H. The van der Waals surface area contributed by atoms with Crippen molar-refractivity contribution in [3.63, 3.8) is 0 Å². The summed E-state index contributed by atoms with van der Waals surface area (Å²) in [5.74, 6) is 0.0248. The van der Waals surface area contributed by atoms with Crippen LogP contribution in [0.5, 0.6) is 0 Å². The van der Waals surface area contributed by atoms with E-state index in [0.717, 1.165) is 6.07 Å². The number of fused-ring (bicyclic) bond motifs is 1. The van der Waals surface area contributed by atoms with E-state index in [1.165, 1.54) is 23.5 Å². The number of thiophene rings is 1. The predicted molar refractivity (Wildman–Crippen MR) is 68.6 cm³/mol. The first-order chi connectivity index (χ1) is 9.47. The smallest absolute Gasteiger partial charge is 0.402 e. The largest absolute Gasteiger partial charge is 0.417 e. The fraction of sp³-hybridized carbons (Fsp3) is 0.0769. The van der Waals surface area contributed by atoms with Gasteiger partial charge in [0.25, 0.3) is 0 Å². The van der Waals surface area contributed by atoms with E-state index in [-0.39, 0.29) is 11.4 Å². The highest BCUT2D eigenvalue weighted by molar-refractivity contribution is 7.13. The van der Waals surface area contributed by atoms with Crippen molar-refractivity contribution in [3.8, 4) is 10.8 Å². The second-order valence-electron chi connectivity index (χ2n) is 3.98. The van der Waals surface area contributed by atoms with Crippen LogP contribution in [0.1, 0.15) is 5.56 Å². The van der Waals surface area contributed by atoms with Gasteiger partial charge in [-0.25, -0.2) is 9.78 Å². The summed E-state index contributed by atoms with van der Waals surface area (Å²) in [6.07, 6.45) is -4.62. The maximum Gasteiger partial charge on any atom is 0.417 e. The van der Waals surface area contributed by atoms with E-state index in [0.29, 0.717) is 4.88 Å². The average Bonchev–Trinajstić information content (AvgIpc) is 2.90. The van der Waals surface area contributed by atoms with Crippen LogP contribution in [-0.4, -0.2) is 4.98 Å². The van der Waals surface area contributed by atoms with Crippen LogP contribution in [0.25, 0.3) is 21.7 Å². The normalized spacial score (nSPS) is 11.9. The molecule has 0 saturated carbocycles. The molecule has 0 aliphatic heterocycles. The number of alkyl halides is 3. The van der Waals surface area contributed by atoms with E-state index in [1.807, 2.05) is 0 Å². The highest BCUT2D eigenvalue weighted by atomic mass is 32.1. The zero-order chi connectivity index (χ0) is 14.3. The van der Waals surface area contributed by atoms with Gasteiger partial charge >= 0.3 is 11.8 Å². The predicted octanol–water partition coefficient (Wildman–Crippen LogP) is 3.94. The Morgan fingerprint density at radius 2 is 1.95 bits per heavy atom. The summed E-state index contributed by atoms with van der Waals surface area (Å²) in [5, 5.41) is 1.22. The van der Waals surface area contributed by atoms with E-state index in [1.54, 1.807) is 17.5 Å². The first-order valence-corrected chi connectivity index (χ1v) is 6.40. The van der Waals surface area contributed by atoms with Gasteiger partial charge in [0, 0.05) is 0 Å². The first-order valence-electron chi connectivity index (χ1n) is 5.52. The van der Waals surface area contributed by atoms with Gasteiger partial charge in [0.2, 0.25) is 5.89 Å². The molecule has 3 rings (SSSR count). The number of halogens is 3. The van der Waals surface area contributed by atoms with Gasteiger partial charge in [0.1, 0.15) is 0 Å². The van der Waals surface area contributed by atoms with E-state index >= 15 is 0 Å². The van der Waals surface area contributed by atoms with Crippen LogP contribution in [0.2, 0.25) is 0 Å². The Bertz CT molecular complexity index is 822. The highest BCUT2D eigenvalue weighted by Crippen LogP contribution is 2.33. The van der Waals surface area contributed by atoms with Gasteiger partial charge < -0.3 is 4.42 Å². The van der Waals surface area contributed by atoms with Gasteiger partial charge in [-0.3, -0.25) is 0 Å². The molecule has 0 amide bonds. The molecule has 0 radical (unpaired) electrons. The SMILES string of the molecule is O=c1oc(-c2cccs2)nc2cccc(C(F)(F)F)c12. The lowest BCUT2D eigenvalue weighted by Crippen LogP contribution is -2.12. The van der Waals surface area contributed by atoms with Crippen molar-refractivity contribution in [2.24, 2.45) is 0 Å². The molecule has 3 aromatic rings. The molecular weight excluding hydrogens is 291 g/mol. The molecule has 0 aliphatic carbocycles. The molecule has 0 spiro atoms. The molecule has 2 heterocycles. The third-order valence-corrected chi connectivity index (χ3v) is 3.55. The molecule has 0 fully saturated rings. The van der Waals surface area contributed by atoms with E-state index in [4.69, 9.17) is 4.42 Å². The second-order valence-corrected chi connectivity index (χ2v) is 4.93. The lowest BCUT2D eigenvalue weighted by molar-refractivity contribution is -0.136. The Hall–Kier alpha value is -2.15. The summed E-state index contributed by atoms with van der Waals surface area (Å²) in [4.78, 5) is 16.4. The number of hydrogen-bond donors (Lipinski definition) is 0. The first kappa shape index (κ1) is 12.9. The van der Waals surface area contributed by atoms with Crippen molar-refractivity contribution in [2.75, 3.05) is 0 Å². The minimum Gasteiger partial charge on any atom is -0.402 e. The quantitative estimate of drug-likeness (QED) is 0.683. The summed E-state index contributed by atoms with van der Waals surface area (Å²) in [5.41, 5.74) is -2.10. The van der Waals surface area contributed by atoms with E-state index in [2.05, 4.69) is 4.98 Å². The van der Waals surface area contributed by atoms with Crippen LogP contribution in [-0.2, 0) is 6.18 Å². The minimum atomic E-state index is -4.62. The van der Waals surface area contributed by atoms with Crippen LogP contribution in [0.3, 0.4) is 0 Å². The Kier molecular flexibility index (Phi) is 2.86. The number of aromatic nitrogens is 1.